The maximum absolute atomic E-state index is 12.8. The summed E-state index contributed by atoms with van der Waals surface area (Å²) in [6.45, 7) is 0. The van der Waals surface area contributed by atoms with Crippen LogP contribution >= 0.6 is 0 Å². The molecule has 0 saturated heterocycles. The highest BCUT2D eigenvalue weighted by Crippen LogP contribution is 2.33. The quantitative estimate of drug-likeness (QED) is 0.706. The molecule has 130 valence electrons. The normalized spacial score (nSPS) is 12.8. The minimum absolute atomic E-state index is 0.114. The molecule has 0 unspecified atom stereocenters. The van der Waals surface area contributed by atoms with E-state index in [1.54, 1.807) is 18.2 Å². The van der Waals surface area contributed by atoms with E-state index in [4.69, 9.17) is 4.74 Å². The average molecular weight is 365 g/mol. The predicted octanol–water partition coefficient (Wildman–Crippen LogP) is 5.00. The van der Waals surface area contributed by atoms with Crippen LogP contribution < -0.4 is 9.46 Å². The van der Waals surface area contributed by atoms with Crippen LogP contribution in [0.4, 0.5) is 18.9 Å². The van der Waals surface area contributed by atoms with Gasteiger partial charge in [0.15, 0.2) is 11.0 Å². The van der Waals surface area contributed by atoms with E-state index in [-0.39, 0.29) is 5.69 Å². The van der Waals surface area contributed by atoms with Crippen molar-refractivity contribution < 1.29 is 22.1 Å². The lowest BCUT2D eigenvalue weighted by molar-refractivity contribution is -0.137. The smallest absolute Gasteiger partial charge is 0.416 e. The molecular formula is C18H14F3NO2S. The second-order valence-electron chi connectivity index (χ2n) is 5.27. The highest BCUT2D eigenvalue weighted by molar-refractivity contribution is 7.86. The molecule has 0 radical (unpaired) electrons. The number of ether oxygens (including phenoxy) is 1. The van der Waals surface area contributed by atoms with Gasteiger partial charge in [-0.1, -0.05) is 36.4 Å². The number of hydrogen-bond donors (Lipinski definition) is 1. The fraction of sp³-hybridized carbons (Fsp3) is 0.111. The summed E-state index contributed by atoms with van der Waals surface area (Å²) in [5.41, 5.74) is -0.692. The molecule has 0 aromatic heterocycles. The minimum Gasteiger partial charge on any atom is -0.495 e. The number of halogens is 3. The van der Waals surface area contributed by atoms with Gasteiger partial charge in [-0.3, -0.25) is 0 Å². The number of alkyl halides is 3. The lowest BCUT2D eigenvalue weighted by Crippen LogP contribution is -2.09. The van der Waals surface area contributed by atoms with Gasteiger partial charge in [0.1, 0.15) is 10.6 Å². The summed E-state index contributed by atoms with van der Waals surface area (Å²) in [6, 6.07) is 15.4. The lowest BCUT2D eigenvalue weighted by Gasteiger charge is -2.14. The Morgan fingerprint density at radius 3 is 2.48 bits per heavy atom. The fourth-order valence-electron chi connectivity index (χ4n) is 2.49. The van der Waals surface area contributed by atoms with E-state index in [2.05, 4.69) is 4.72 Å². The Morgan fingerprint density at radius 1 is 1.00 bits per heavy atom. The van der Waals surface area contributed by atoms with Gasteiger partial charge in [0, 0.05) is 11.1 Å². The Balaban J connectivity index is 2.01. The van der Waals surface area contributed by atoms with Gasteiger partial charge in [-0.2, -0.15) is 13.2 Å². The minimum atomic E-state index is -4.46. The molecule has 3 nitrogen and oxygen atoms in total. The number of rotatable bonds is 4. The number of methoxy groups -OCH3 is 1. The topological polar surface area (TPSA) is 38.3 Å². The standard InChI is InChI=1S/C18H14F3NO2S/c1-24-16-10-9-12-5-2-3-8-15(12)17(16)25(23)22-14-7-4-6-13(11-14)18(19,20)21/h2-11,22H,1H3/t25-/m0/s1. The molecule has 0 saturated carbocycles. The van der Waals surface area contributed by atoms with E-state index < -0.39 is 22.7 Å². The second kappa shape index (κ2) is 6.76. The summed E-state index contributed by atoms with van der Waals surface area (Å²) in [5, 5.41) is 1.57. The Bertz CT molecular complexity index is 941. The number of fused-ring (bicyclic) bond motifs is 1. The number of anilines is 1. The lowest BCUT2D eigenvalue weighted by atomic mass is 10.1. The predicted molar refractivity (Wildman–Crippen MR) is 92.0 cm³/mol. The van der Waals surface area contributed by atoms with Crippen molar-refractivity contribution in [2.24, 2.45) is 0 Å². The molecular weight excluding hydrogens is 351 g/mol. The van der Waals surface area contributed by atoms with E-state index in [0.717, 1.165) is 17.5 Å². The molecule has 1 atom stereocenters. The van der Waals surface area contributed by atoms with Crippen LogP contribution in [-0.4, -0.2) is 11.3 Å². The SMILES string of the molecule is COc1ccc2ccccc2c1[S@](=O)Nc1cccc(C(F)(F)F)c1. The van der Waals surface area contributed by atoms with Crippen LogP contribution in [0.15, 0.2) is 65.6 Å². The molecule has 7 heteroatoms. The van der Waals surface area contributed by atoms with Crippen molar-refractivity contribution in [3.63, 3.8) is 0 Å². The molecule has 0 aliphatic rings. The van der Waals surface area contributed by atoms with Crippen LogP contribution in [0.1, 0.15) is 5.56 Å². The first-order valence-electron chi connectivity index (χ1n) is 7.31. The van der Waals surface area contributed by atoms with Gasteiger partial charge in [0.2, 0.25) is 0 Å². The average Bonchev–Trinajstić information content (AvgIpc) is 2.60. The first-order chi connectivity index (χ1) is 11.9. The second-order valence-corrected chi connectivity index (χ2v) is 6.42. The van der Waals surface area contributed by atoms with Crippen molar-refractivity contribution in [2.75, 3.05) is 11.8 Å². The molecule has 0 aliphatic heterocycles. The van der Waals surface area contributed by atoms with Gasteiger partial charge in [0.25, 0.3) is 0 Å². The van der Waals surface area contributed by atoms with Gasteiger partial charge in [-0.15, -0.1) is 0 Å². The van der Waals surface area contributed by atoms with Crippen LogP contribution in [0, 0.1) is 0 Å². The fourth-order valence-corrected chi connectivity index (χ4v) is 3.65. The molecule has 1 N–H and O–H groups in total. The van der Waals surface area contributed by atoms with Crippen molar-refractivity contribution in [1.29, 1.82) is 0 Å². The molecule has 3 aromatic rings. The third-order valence-corrected chi connectivity index (χ3v) is 4.86. The first kappa shape index (κ1) is 17.3. The van der Waals surface area contributed by atoms with Gasteiger partial charge < -0.3 is 9.46 Å². The van der Waals surface area contributed by atoms with E-state index in [1.165, 1.54) is 19.2 Å². The van der Waals surface area contributed by atoms with E-state index >= 15 is 0 Å². The maximum atomic E-state index is 12.8. The molecule has 0 amide bonds. The van der Waals surface area contributed by atoms with E-state index in [0.29, 0.717) is 16.0 Å². The van der Waals surface area contributed by atoms with Crippen LogP contribution in [0.25, 0.3) is 10.8 Å². The highest BCUT2D eigenvalue weighted by atomic mass is 32.2. The number of nitrogens with one attached hydrogen (secondary N) is 1. The summed E-state index contributed by atoms with van der Waals surface area (Å²) in [7, 11) is -0.344. The summed E-state index contributed by atoms with van der Waals surface area (Å²) >= 11 is 0. The summed E-state index contributed by atoms with van der Waals surface area (Å²) < 4.78 is 59.2. The summed E-state index contributed by atoms with van der Waals surface area (Å²) in [6.07, 6.45) is -4.46. The number of hydrogen-bond acceptors (Lipinski definition) is 2. The van der Waals surface area contributed by atoms with Crippen LogP contribution in [0.3, 0.4) is 0 Å². The largest absolute Gasteiger partial charge is 0.495 e. The molecule has 0 fully saturated rings. The van der Waals surface area contributed by atoms with Crippen LogP contribution in [0.2, 0.25) is 0 Å². The molecule has 0 heterocycles. The van der Waals surface area contributed by atoms with Crippen molar-refractivity contribution in [1.82, 2.24) is 0 Å². The molecule has 3 aromatic carbocycles. The van der Waals surface area contributed by atoms with E-state index in [9.17, 15) is 17.4 Å². The number of benzene rings is 3. The molecule has 0 spiro atoms. The van der Waals surface area contributed by atoms with Crippen LogP contribution in [0.5, 0.6) is 5.75 Å². The Morgan fingerprint density at radius 2 is 1.76 bits per heavy atom. The Labute approximate surface area is 145 Å². The Hall–Kier alpha value is -2.54. The Kier molecular flexibility index (Phi) is 4.67. The van der Waals surface area contributed by atoms with Gasteiger partial charge >= 0.3 is 6.18 Å². The summed E-state index contributed by atoms with van der Waals surface area (Å²) in [5.74, 6) is 0.400. The van der Waals surface area contributed by atoms with Gasteiger partial charge in [-0.05, 0) is 29.7 Å². The molecule has 3 rings (SSSR count). The van der Waals surface area contributed by atoms with Crippen LogP contribution in [-0.2, 0) is 17.2 Å². The zero-order valence-corrected chi connectivity index (χ0v) is 13.9. The van der Waals surface area contributed by atoms with E-state index in [1.807, 2.05) is 18.2 Å². The van der Waals surface area contributed by atoms with Gasteiger partial charge in [-0.25, -0.2) is 4.21 Å². The van der Waals surface area contributed by atoms with Crippen molar-refractivity contribution in [3.05, 3.63) is 66.2 Å². The monoisotopic (exact) mass is 365 g/mol. The molecule has 0 bridgehead atoms. The molecule has 25 heavy (non-hydrogen) atoms. The molecule has 0 aliphatic carbocycles. The third-order valence-electron chi connectivity index (χ3n) is 3.65. The van der Waals surface area contributed by atoms with Crippen molar-refractivity contribution >= 4 is 27.4 Å². The van der Waals surface area contributed by atoms with Crippen molar-refractivity contribution in [3.8, 4) is 5.75 Å². The summed E-state index contributed by atoms with van der Waals surface area (Å²) in [4.78, 5) is 0.387. The highest BCUT2D eigenvalue weighted by Gasteiger charge is 2.30. The zero-order chi connectivity index (χ0) is 18.0. The maximum Gasteiger partial charge on any atom is 0.416 e. The first-order valence-corrected chi connectivity index (χ1v) is 8.46. The third kappa shape index (κ3) is 3.61. The van der Waals surface area contributed by atoms with Gasteiger partial charge in [0.05, 0.1) is 12.7 Å². The van der Waals surface area contributed by atoms with Crippen molar-refractivity contribution in [2.45, 2.75) is 11.1 Å². The zero-order valence-electron chi connectivity index (χ0n) is 13.1.